The minimum atomic E-state index is -4.12. The lowest BCUT2D eigenvalue weighted by molar-refractivity contribution is -0.256. The van der Waals surface area contributed by atoms with Gasteiger partial charge in [-0.3, -0.25) is 0 Å². The van der Waals surface area contributed by atoms with Gasteiger partial charge in [0.05, 0.1) is 5.41 Å². The maximum absolute atomic E-state index is 15.0. The fourth-order valence-corrected chi connectivity index (χ4v) is 6.56. The van der Waals surface area contributed by atoms with Crippen LogP contribution in [0, 0.1) is 28.9 Å². The summed E-state index contributed by atoms with van der Waals surface area (Å²) < 4.78 is 70.6. The summed E-state index contributed by atoms with van der Waals surface area (Å²) in [6, 6.07) is 10.1. The molecule has 1 atom stereocenters. The molecule has 1 aliphatic carbocycles. The Labute approximate surface area is 228 Å². The van der Waals surface area contributed by atoms with E-state index >= 15 is 8.78 Å². The number of hydrogen-bond acceptors (Lipinski definition) is 2. The molecule has 1 saturated carbocycles. The Kier molecular flexibility index (Phi) is 8.10. The molecule has 7 heteroatoms. The second-order valence-electron chi connectivity index (χ2n) is 12.2. The Morgan fingerprint density at radius 2 is 1.62 bits per heavy atom. The Hall–Kier alpha value is -2.41. The summed E-state index contributed by atoms with van der Waals surface area (Å²) in [6.07, 6.45) is 1.20. The van der Waals surface area contributed by atoms with E-state index in [9.17, 15) is 13.2 Å². The number of aryl methyl sites for hydroxylation is 1. The van der Waals surface area contributed by atoms with Gasteiger partial charge in [0.25, 0.3) is 0 Å². The Bertz CT molecular complexity index is 1180. The number of piperidine rings is 1. The van der Waals surface area contributed by atoms with Crippen LogP contribution < -0.4 is 0 Å². The topological polar surface area (TPSA) is 6.48 Å². The van der Waals surface area contributed by atoms with E-state index in [1.54, 1.807) is 12.1 Å². The molecule has 2 aliphatic heterocycles. The fraction of sp³-hybridized carbons (Fsp3) is 0.562. The molecule has 0 aromatic heterocycles. The van der Waals surface area contributed by atoms with Crippen molar-refractivity contribution in [2.24, 2.45) is 17.3 Å². The number of alkyl halides is 3. The third-order valence-electron chi connectivity index (χ3n) is 9.44. The Morgan fingerprint density at radius 3 is 2.15 bits per heavy atom. The van der Waals surface area contributed by atoms with Crippen molar-refractivity contribution in [3.8, 4) is 11.1 Å². The van der Waals surface area contributed by atoms with E-state index in [1.807, 2.05) is 17.0 Å². The minimum Gasteiger partial charge on any atom is -0.371 e. The molecule has 2 aromatic rings. The van der Waals surface area contributed by atoms with E-state index in [-0.39, 0.29) is 31.0 Å². The zero-order valence-electron chi connectivity index (χ0n) is 22.8. The van der Waals surface area contributed by atoms with Gasteiger partial charge in [0, 0.05) is 30.9 Å². The number of likely N-dealkylation sites (tertiary alicyclic amines) is 2. The van der Waals surface area contributed by atoms with Crippen molar-refractivity contribution in [1.82, 2.24) is 9.80 Å². The first-order chi connectivity index (χ1) is 18.5. The Balaban J connectivity index is 1.14. The third kappa shape index (κ3) is 6.03. The van der Waals surface area contributed by atoms with Gasteiger partial charge in [0.15, 0.2) is 0 Å². The molecule has 0 bridgehead atoms. The standard InChI is InChI=1S/C32H39F5N2/c1-22-10-17-39(20-22)23(2)28-9-8-27(19-30(28)34)26-7-6-25(29(33)18-26)5-4-24-11-15-38(16-12-24)21-31(13-3-14-31)32(35,36)37/h6-9,18-19,22,24H,2-5,10-17,20-21H2,1H3. The first kappa shape index (κ1) is 28.1. The summed E-state index contributed by atoms with van der Waals surface area (Å²) >= 11 is 0. The number of nitrogens with zero attached hydrogens (tertiary/aromatic N) is 2. The average Bonchev–Trinajstić information content (AvgIpc) is 3.31. The predicted molar refractivity (Wildman–Crippen MR) is 146 cm³/mol. The smallest absolute Gasteiger partial charge is 0.371 e. The summed E-state index contributed by atoms with van der Waals surface area (Å²) in [4.78, 5) is 4.10. The fourth-order valence-electron chi connectivity index (χ4n) is 6.56. The summed E-state index contributed by atoms with van der Waals surface area (Å²) in [6.45, 7) is 9.51. The number of rotatable bonds is 8. The molecular weight excluding hydrogens is 507 g/mol. The Morgan fingerprint density at radius 1 is 0.949 bits per heavy atom. The molecule has 0 N–H and O–H groups in total. The maximum atomic E-state index is 15.0. The van der Waals surface area contributed by atoms with E-state index in [1.165, 1.54) is 12.1 Å². The molecule has 1 unspecified atom stereocenters. The van der Waals surface area contributed by atoms with Crippen molar-refractivity contribution < 1.29 is 22.0 Å². The molecule has 2 saturated heterocycles. The normalized spacial score (nSPS) is 22.2. The minimum absolute atomic E-state index is 0.118. The van der Waals surface area contributed by atoms with Crippen molar-refractivity contribution in [1.29, 1.82) is 0 Å². The van der Waals surface area contributed by atoms with Crippen LogP contribution in [-0.2, 0) is 6.42 Å². The lowest BCUT2D eigenvalue weighted by Gasteiger charge is -2.47. The highest BCUT2D eigenvalue weighted by Crippen LogP contribution is 2.53. The van der Waals surface area contributed by atoms with Gasteiger partial charge < -0.3 is 9.80 Å². The summed E-state index contributed by atoms with van der Waals surface area (Å²) in [5.74, 6) is 0.298. The molecule has 3 aliphatic rings. The SMILES string of the molecule is C=C(c1ccc(-c2ccc(CCC3CCN(CC4(C(F)(F)F)CCC4)CC3)c(F)c2)cc1F)N1CCC(C)C1. The van der Waals surface area contributed by atoms with Crippen LogP contribution in [0.2, 0.25) is 0 Å². The summed E-state index contributed by atoms with van der Waals surface area (Å²) in [7, 11) is 0. The van der Waals surface area contributed by atoms with Crippen molar-refractivity contribution in [3.05, 3.63) is 65.7 Å². The number of halogens is 5. The van der Waals surface area contributed by atoms with E-state index in [0.717, 1.165) is 38.8 Å². The highest BCUT2D eigenvalue weighted by atomic mass is 19.4. The van der Waals surface area contributed by atoms with Gasteiger partial charge in [-0.2, -0.15) is 13.2 Å². The molecule has 0 spiro atoms. The third-order valence-corrected chi connectivity index (χ3v) is 9.44. The maximum Gasteiger partial charge on any atom is 0.395 e. The van der Waals surface area contributed by atoms with Gasteiger partial charge in [-0.1, -0.05) is 38.1 Å². The molecule has 212 valence electrons. The lowest BCUT2D eigenvalue weighted by Crippen LogP contribution is -2.53. The first-order valence-corrected chi connectivity index (χ1v) is 14.4. The summed E-state index contributed by atoms with van der Waals surface area (Å²) in [5, 5.41) is 0. The summed E-state index contributed by atoms with van der Waals surface area (Å²) in [5.41, 5.74) is 1.55. The van der Waals surface area contributed by atoms with Crippen LogP contribution in [0.5, 0.6) is 0 Å². The van der Waals surface area contributed by atoms with Gasteiger partial charge >= 0.3 is 6.18 Å². The van der Waals surface area contributed by atoms with Gasteiger partial charge in [-0.15, -0.1) is 0 Å². The molecule has 2 nitrogen and oxygen atoms in total. The van der Waals surface area contributed by atoms with Gasteiger partial charge in [-0.25, -0.2) is 8.78 Å². The quantitative estimate of drug-likeness (QED) is 0.307. The van der Waals surface area contributed by atoms with Crippen molar-refractivity contribution >= 4 is 5.70 Å². The molecular formula is C32H39F5N2. The second-order valence-corrected chi connectivity index (χ2v) is 12.2. The highest BCUT2D eigenvalue weighted by Gasteiger charge is 2.58. The van der Waals surface area contributed by atoms with Crippen molar-refractivity contribution in [2.75, 3.05) is 32.7 Å². The van der Waals surface area contributed by atoms with Crippen LogP contribution in [0.15, 0.2) is 43.0 Å². The van der Waals surface area contributed by atoms with E-state index < -0.39 is 11.6 Å². The molecule has 2 heterocycles. The highest BCUT2D eigenvalue weighted by molar-refractivity contribution is 5.69. The molecule has 3 fully saturated rings. The van der Waals surface area contributed by atoms with Crippen LogP contribution in [-0.4, -0.2) is 48.7 Å². The number of benzene rings is 2. The molecule has 0 radical (unpaired) electrons. The average molecular weight is 547 g/mol. The monoisotopic (exact) mass is 546 g/mol. The molecule has 5 rings (SSSR count). The molecule has 2 aromatic carbocycles. The van der Waals surface area contributed by atoms with E-state index in [2.05, 4.69) is 18.4 Å². The predicted octanol–water partition coefficient (Wildman–Crippen LogP) is 8.32. The van der Waals surface area contributed by atoms with Crippen LogP contribution in [0.3, 0.4) is 0 Å². The molecule has 39 heavy (non-hydrogen) atoms. The zero-order chi connectivity index (χ0) is 27.8. The lowest BCUT2D eigenvalue weighted by atomic mass is 9.67. The molecule has 0 amide bonds. The van der Waals surface area contributed by atoms with Crippen LogP contribution in [0.25, 0.3) is 16.8 Å². The zero-order valence-corrected chi connectivity index (χ0v) is 22.8. The largest absolute Gasteiger partial charge is 0.395 e. The number of hydrogen-bond donors (Lipinski definition) is 0. The van der Waals surface area contributed by atoms with Crippen LogP contribution in [0.1, 0.15) is 63.0 Å². The van der Waals surface area contributed by atoms with Crippen LogP contribution in [0.4, 0.5) is 22.0 Å². The van der Waals surface area contributed by atoms with Gasteiger partial charge in [0.2, 0.25) is 0 Å². The van der Waals surface area contributed by atoms with E-state index in [4.69, 9.17) is 0 Å². The van der Waals surface area contributed by atoms with Crippen LogP contribution >= 0.6 is 0 Å². The first-order valence-electron chi connectivity index (χ1n) is 14.4. The van der Waals surface area contributed by atoms with E-state index in [0.29, 0.717) is 65.7 Å². The van der Waals surface area contributed by atoms with Crippen molar-refractivity contribution in [2.45, 2.75) is 64.5 Å². The second kappa shape index (κ2) is 11.2. The van der Waals surface area contributed by atoms with Crippen molar-refractivity contribution in [3.63, 3.8) is 0 Å². The van der Waals surface area contributed by atoms with Gasteiger partial charge in [-0.05, 0) is 105 Å². The van der Waals surface area contributed by atoms with Gasteiger partial charge in [0.1, 0.15) is 11.6 Å².